The van der Waals surface area contributed by atoms with Gasteiger partial charge in [0.25, 0.3) is 0 Å². The van der Waals surface area contributed by atoms with Gasteiger partial charge in [0.2, 0.25) is 0 Å². The van der Waals surface area contributed by atoms with E-state index < -0.39 is 0 Å². The zero-order valence-corrected chi connectivity index (χ0v) is 12.9. The molecule has 21 heavy (non-hydrogen) atoms. The number of benzene rings is 1. The molecule has 1 fully saturated rings. The Labute approximate surface area is 124 Å². The molecule has 114 valence electrons. The van der Waals surface area contributed by atoms with Crippen LogP contribution < -0.4 is 0 Å². The van der Waals surface area contributed by atoms with Gasteiger partial charge < -0.3 is 14.3 Å². The van der Waals surface area contributed by atoms with Crippen molar-refractivity contribution in [3.63, 3.8) is 0 Å². The molecule has 0 bridgehead atoms. The summed E-state index contributed by atoms with van der Waals surface area (Å²) in [4.78, 5) is 16.3. The normalized spacial score (nSPS) is 22.9. The van der Waals surface area contributed by atoms with Crippen LogP contribution in [0.5, 0.6) is 0 Å². The molecule has 1 saturated heterocycles. The maximum Gasteiger partial charge on any atom is 0.337 e. The Morgan fingerprint density at radius 3 is 2.52 bits per heavy atom. The molecule has 0 saturated carbocycles. The van der Waals surface area contributed by atoms with Gasteiger partial charge in [0.1, 0.15) is 7.11 Å². The van der Waals surface area contributed by atoms with Crippen LogP contribution in [0.25, 0.3) is 0 Å². The van der Waals surface area contributed by atoms with Crippen LogP contribution in [0.2, 0.25) is 0 Å². The first-order valence-electron chi connectivity index (χ1n) is 6.90. The Morgan fingerprint density at radius 2 is 1.95 bits per heavy atom. The van der Waals surface area contributed by atoms with Crippen molar-refractivity contribution in [1.82, 2.24) is 0 Å². The van der Waals surface area contributed by atoms with Gasteiger partial charge in [0.05, 0.1) is 30.1 Å². The van der Waals surface area contributed by atoms with Crippen LogP contribution in [0.4, 0.5) is 0 Å². The number of methoxy groups -OCH3 is 1. The van der Waals surface area contributed by atoms with Crippen LogP contribution in [-0.2, 0) is 14.3 Å². The van der Waals surface area contributed by atoms with Crippen LogP contribution in [0, 0.1) is 0 Å². The maximum atomic E-state index is 11.5. The highest BCUT2D eigenvalue weighted by Gasteiger charge is 2.33. The fourth-order valence-corrected chi connectivity index (χ4v) is 2.58. The highest BCUT2D eigenvalue weighted by Crippen LogP contribution is 2.35. The number of hydrogen-bond donors (Lipinski definition) is 0. The summed E-state index contributed by atoms with van der Waals surface area (Å²) in [5.41, 5.74) is 2.23. The molecule has 0 spiro atoms. The molecule has 0 N–H and O–H groups in total. The van der Waals surface area contributed by atoms with Crippen molar-refractivity contribution in [2.45, 2.75) is 38.4 Å². The largest absolute Gasteiger partial charge is 0.465 e. The molecular formula is C16H21NO4. The lowest BCUT2D eigenvalue weighted by Gasteiger charge is -2.36. The van der Waals surface area contributed by atoms with Gasteiger partial charge in [0, 0.05) is 12.8 Å². The smallest absolute Gasteiger partial charge is 0.337 e. The molecule has 2 rings (SSSR count). The molecule has 5 nitrogen and oxygen atoms in total. The van der Waals surface area contributed by atoms with E-state index in [1.54, 1.807) is 19.2 Å². The highest BCUT2D eigenvalue weighted by molar-refractivity contribution is 5.89. The van der Waals surface area contributed by atoms with Crippen molar-refractivity contribution in [3.05, 3.63) is 35.4 Å². The second-order valence-corrected chi connectivity index (χ2v) is 5.70. The molecule has 1 atom stereocenters. The number of rotatable bonds is 3. The third-order valence-electron chi connectivity index (χ3n) is 3.44. The number of esters is 1. The van der Waals surface area contributed by atoms with Crippen LogP contribution in [-0.4, -0.2) is 31.5 Å². The monoisotopic (exact) mass is 291 g/mol. The molecule has 0 amide bonds. The van der Waals surface area contributed by atoms with E-state index in [1.165, 1.54) is 7.11 Å². The third-order valence-corrected chi connectivity index (χ3v) is 3.44. The predicted molar refractivity (Wildman–Crippen MR) is 79.4 cm³/mol. The van der Waals surface area contributed by atoms with Crippen molar-refractivity contribution in [3.8, 4) is 0 Å². The average molecular weight is 291 g/mol. The molecule has 1 unspecified atom stereocenters. The third kappa shape index (κ3) is 3.82. The summed E-state index contributed by atoms with van der Waals surface area (Å²) in [7, 11) is 2.92. The van der Waals surface area contributed by atoms with Gasteiger partial charge in [0.15, 0.2) is 0 Å². The molecule has 0 radical (unpaired) electrons. The van der Waals surface area contributed by atoms with Gasteiger partial charge in [-0.3, -0.25) is 0 Å². The molecule has 1 heterocycles. The number of carbonyl (C=O) groups is 1. The SMILES string of the molecule is CO/N=C1/CC(c2ccc(C(=O)OC)cc2)OC(C)(C)C1. The number of hydrogen-bond acceptors (Lipinski definition) is 5. The molecule has 1 aliphatic heterocycles. The van der Waals surface area contributed by atoms with Gasteiger partial charge in [-0.15, -0.1) is 0 Å². The second kappa shape index (κ2) is 6.26. The lowest BCUT2D eigenvalue weighted by atomic mass is 9.90. The Bertz CT molecular complexity index is 534. The van der Waals surface area contributed by atoms with E-state index in [-0.39, 0.29) is 17.7 Å². The van der Waals surface area contributed by atoms with Gasteiger partial charge in [-0.1, -0.05) is 17.3 Å². The molecule has 1 aromatic rings. The Hall–Kier alpha value is -1.88. The molecule has 1 aromatic carbocycles. The zero-order valence-electron chi connectivity index (χ0n) is 12.9. The van der Waals surface area contributed by atoms with E-state index in [0.717, 1.165) is 17.7 Å². The summed E-state index contributed by atoms with van der Waals surface area (Å²) in [6, 6.07) is 7.28. The zero-order chi connectivity index (χ0) is 15.5. The summed E-state index contributed by atoms with van der Waals surface area (Å²) in [6.45, 7) is 4.07. The lowest BCUT2D eigenvalue weighted by molar-refractivity contribution is -0.0793. The molecule has 0 aromatic heterocycles. The molecular weight excluding hydrogens is 270 g/mol. The van der Waals surface area contributed by atoms with E-state index in [0.29, 0.717) is 12.0 Å². The number of oxime groups is 1. The first-order chi connectivity index (χ1) is 9.95. The van der Waals surface area contributed by atoms with Crippen molar-refractivity contribution >= 4 is 11.7 Å². The van der Waals surface area contributed by atoms with E-state index in [2.05, 4.69) is 5.16 Å². The van der Waals surface area contributed by atoms with Crippen LogP contribution >= 0.6 is 0 Å². The minimum Gasteiger partial charge on any atom is -0.465 e. The number of ether oxygens (including phenoxy) is 2. The standard InChI is InChI=1S/C16H21NO4/c1-16(2)10-13(17-20-4)9-14(21-16)11-5-7-12(8-6-11)15(18)19-3/h5-8,14H,9-10H2,1-4H3/b17-13-. The fraction of sp³-hybridized carbons (Fsp3) is 0.500. The molecule has 1 aliphatic rings. The Morgan fingerprint density at radius 1 is 1.29 bits per heavy atom. The number of nitrogens with zero attached hydrogens (tertiary/aromatic N) is 1. The topological polar surface area (TPSA) is 57.1 Å². The minimum atomic E-state index is -0.340. The summed E-state index contributed by atoms with van der Waals surface area (Å²) in [6.07, 6.45) is 1.35. The Kier molecular flexibility index (Phi) is 4.63. The fourth-order valence-electron chi connectivity index (χ4n) is 2.58. The summed E-state index contributed by atoms with van der Waals surface area (Å²) >= 11 is 0. The van der Waals surface area contributed by atoms with E-state index >= 15 is 0 Å². The van der Waals surface area contributed by atoms with E-state index in [4.69, 9.17) is 14.3 Å². The predicted octanol–water partition coefficient (Wildman–Crippen LogP) is 3.11. The quantitative estimate of drug-likeness (QED) is 0.634. The molecule has 0 aliphatic carbocycles. The number of carbonyl (C=O) groups excluding carboxylic acids is 1. The lowest BCUT2D eigenvalue weighted by Crippen LogP contribution is -2.36. The van der Waals surface area contributed by atoms with Crippen LogP contribution in [0.3, 0.4) is 0 Å². The molecule has 5 heteroatoms. The Balaban J connectivity index is 2.20. The minimum absolute atomic E-state index is 0.0886. The van der Waals surface area contributed by atoms with Gasteiger partial charge in [-0.2, -0.15) is 0 Å². The van der Waals surface area contributed by atoms with Crippen LogP contribution in [0.1, 0.15) is 48.7 Å². The second-order valence-electron chi connectivity index (χ2n) is 5.70. The summed E-state index contributed by atoms with van der Waals surface area (Å²) in [5, 5.41) is 4.08. The maximum absolute atomic E-state index is 11.5. The van der Waals surface area contributed by atoms with Crippen LogP contribution in [0.15, 0.2) is 29.4 Å². The summed E-state index contributed by atoms with van der Waals surface area (Å²) < 4.78 is 10.8. The summed E-state index contributed by atoms with van der Waals surface area (Å²) in [5.74, 6) is -0.340. The first-order valence-corrected chi connectivity index (χ1v) is 6.90. The van der Waals surface area contributed by atoms with E-state index in [1.807, 2.05) is 26.0 Å². The average Bonchev–Trinajstić information content (AvgIpc) is 2.45. The van der Waals surface area contributed by atoms with Gasteiger partial charge >= 0.3 is 5.97 Å². The van der Waals surface area contributed by atoms with Crippen molar-refractivity contribution in [2.75, 3.05) is 14.2 Å². The van der Waals surface area contributed by atoms with Crippen molar-refractivity contribution in [1.29, 1.82) is 0 Å². The van der Waals surface area contributed by atoms with Gasteiger partial charge in [-0.05, 0) is 31.5 Å². The van der Waals surface area contributed by atoms with Crippen molar-refractivity contribution in [2.24, 2.45) is 5.16 Å². The highest BCUT2D eigenvalue weighted by atomic mass is 16.6. The van der Waals surface area contributed by atoms with Gasteiger partial charge in [-0.25, -0.2) is 4.79 Å². The van der Waals surface area contributed by atoms with E-state index in [9.17, 15) is 4.79 Å². The van der Waals surface area contributed by atoms with Crippen molar-refractivity contribution < 1.29 is 19.1 Å². The first kappa shape index (κ1) is 15.5.